The third-order valence-corrected chi connectivity index (χ3v) is 2.74. The van der Waals surface area contributed by atoms with E-state index in [2.05, 4.69) is 15.4 Å². The van der Waals surface area contributed by atoms with Gasteiger partial charge in [-0.25, -0.2) is 9.59 Å². The fourth-order valence-electron chi connectivity index (χ4n) is 1.62. The molecule has 3 N–H and O–H groups in total. The molecule has 4 amide bonds. The summed E-state index contributed by atoms with van der Waals surface area (Å²) in [6, 6.07) is -2.02. The van der Waals surface area contributed by atoms with Crippen molar-refractivity contribution in [1.82, 2.24) is 15.5 Å². The van der Waals surface area contributed by atoms with E-state index in [4.69, 9.17) is 5.11 Å². The lowest BCUT2D eigenvalue weighted by molar-refractivity contribution is -0.144. The molecule has 21 heavy (non-hydrogen) atoms. The number of carbonyl (C=O) groups excluding carboxylic acids is 4. The van der Waals surface area contributed by atoms with Crippen molar-refractivity contribution >= 4 is 29.8 Å². The summed E-state index contributed by atoms with van der Waals surface area (Å²) < 4.78 is 4.37. The van der Waals surface area contributed by atoms with E-state index in [0.717, 1.165) is 7.11 Å². The first-order chi connectivity index (χ1) is 9.85. The number of carboxylic acid groups (broad SMARTS) is 1. The van der Waals surface area contributed by atoms with Gasteiger partial charge in [0.2, 0.25) is 5.91 Å². The molecule has 0 saturated carbocycles. The van der Waals surface area contributed by atoms with E-state index in [-0.39, 0.29) is 19.4 Å². The normalized spacial score (nSPS) is 15.4. The van der Waals surface area contributed by atoms with Crippen LogP contribution in [-0.2, 0) is 23.9 Å². The van der Waals surface area contributed by atoms with Gasteiger partial charge >= 0.3 is 18.0 Å². The van der Waals surface area contributed by atoms with Crippen molar-refractivity contribution in [3.05, 3.63) is 0 Å². The topological polar surface area (TPSA) is 142 Å². The first-order valence-electron chi connectivity index (χ1n) is 6.02. The summed E-state index contributed by atoms with van der Waals surface area (Å²) in [5, 5.41) is 13.3. The van der Waals surface area contributed by atoms with E-state index in [9.17, 15) is 24.0 Å². The number of hydrogen-bond donors (Lipinski definition) is 3. The summed E-state index contributed by atoms with van der Waals surface area (Å²) in [7, 11) is 1.16. The lowest BCUT2D eigenvalue weighted by Gasteiger charge is -2.16. The molecule has 1 saturated heterocycles. The smallest absolute Gasteiger partial charge is 0.326 e. The van der Waals surface area contributed by atoms with Gasteiger partial charge in [-0.15, -0.1) is 0 Å². The number of imide groups is 1. The van der Waals surface area contributed by atoms with Crippen LogP contribution in [0.1, 0.15) is 12.8 Å². The molecule has 0 aromatic heterocycles. The Kier molecular flexibility index (Phi) is 5.64. The van der Waals surface area contributed by atoms with Crippen LogP contribution in [0.5, 0.6) is 0 Å². The molecule has 1 aliphatic rings. The summed E-state index contributed by atoms with van der Waals surface area (Å²) in [4.78, 5) is 56.8. The van der Waals surface area contributed by atoms with E-state index in [1.54, 1.807) is 0 Å². The first-order valence-corrected chi connectivity index (χ1v) is 6.02. The fourth-order valence-corrected chi connectivity index (χ4v) is 1.62. The summed E-state index contributed by atoms with van der Waals surface area (Å²) in [6.07, 6.45) is -0.342. The number of hydrogen-bond acceptors (Lipinski definition) is 6. The minimum Gasteiger partial charge on any atom is -0.480 e. The van der Waals surface area contributed by atoms with Gasteiger partial charge in [0, 0.05) is 6.42 Å². The van der Waals surface area contributed by atoms with Crippen LogP contribution >= 0.6 is 0 Å². The van der Waals surface area contributed by atoms with Crippen molar-refractivity contribution < 1.29 is 33.8 Å². The Morgan fingerprint density at radius 2 is 2.10 bits per heavy atom. The predicted octanol–water partition coefficient (Wildman–Crippen LogP) is -1.94. The average Bonchev–Trinajstić information content (AvgIpc) is 2.74. The molecule has 116 valence electrons. The minimum absolute atomic E-state index is 0.159. The Hall–Kier alpha value is -2.65. The maximum absolute atomic E-state index is 11.7. The van der Waals surface area contributed by atoms with Crippen LogP contribution in [-0.4, -0.2) is 66.0 Å². The Balaban J connectivity index is 2.52. The molecule has 0 aromatic carbocycles. The van der Waals surface area contributed by atoms with Gasteiger partial charge in [0.25, 0.3) is 5.91 Å². The third kappa shape index (κ3) is 4.75. The highest BCUT2D eigenvalue weighted by molar-refractivity contribution is 6.04. The van der Waals surface area contributed by atoms with Crippen molar-refractivity contribution in [3.63, 3.8) is 0 Å². The summed E-state index contributed by atoms with van der Waals surface area (Å²) in [5.41, 5.74) is 0. The van der Waals surface area contributed by atoms with Crippen LogP contribution in [0.3, 0.4) is 0 Å². The number of urea groups is 1. The van der Waals surface area contributed by atoms with Gasteiger partial charge < -0.3 is 20.5 Å². The molecular formula is C11H15N3O7. The molecule has 1 atom stereocenters. The molecule has 1 heterocycles. The van der Waals surface area contributed by atoms with E-state index in [1.165, 1.54) is 0 Å². The number of ether oxygens (including phenoxy) is 1. The quantitative estimate of drug-likeness (QED) is 0.367. The zero-order valence-electron chi connectivity index (χ0n) is 11.2. The van der Waals surface area contributed by atoms with E-state index >= 15 is 0 Å². The molecule has 1 fully saturated rings. The number of esters is 1. The van der Waals surface area contributed by atoms with Gasteiger partial charge in [0.15, 0.2) is 0 Å². The Morgan fingerprint density at radius 3 is 2.57 bits per heavy atom. The van der Waals surface area contributed by atoms with Crippen molar-refractivity contribution in [2.45, 2.75) is 18.9 Å². The zero-order chi connectivity index (χ0) is 16.0. The van der Waals surface area contributed by atoms with Crippen LogP contribution < -0.4 is 10.6 Å². The highest BCUT2D eigenvalue weighted by atomic mass is 16.5. The van der Waals surface area contributed by atoms with Gasteiger partial charge in [-0.2, -0.15) is 0 Å². The Morgan fingerprint density at radius 1 is 1.43 bits per heavy atom. The van der Waals surface area contributed by atoms with E-state index < -0.39 is 42.4 Å². The van der Waals surface area contributed by atoms with Gasteiger partial charge in [-0.05, 0) is 6.42 Å². The van der Waals surface area contributed by atoms with Gasteiger partial charge in [0.1, 0.15) is 12.6 Å². The molecule has 10 heteroatoms. The lowest BCUT2D eigenvalue weighted by Crippen LogP contribution is -2.47. The van der Waals surface area contributed by atoms with Crippen LogP contribution in [0.25, 0.3) is 0 Å². The number of amides is 4. The predicted molar refractivity (Wildman–Crippen MR) is 65.9 cm³/mol. The molecule has 0 aromatic rings. The molecule has 10 nitrogen and oxygen atoms in total. The second-order valence-electron chi connectivity index (χ2n) is 4.21. The Labute approximate surface area is 119 Å². The average molecular weight is 301 g/mol. The fraction of sp³-hybridized carbons (Fsp3) is 0.545. The second-order valence-corrected chi connectivity index (χ2v) is 4.21. The van der Waals surface area contributed by atoms with Crippen molar-refractivity contribution in [2.24, 2.45) is 0 Å². The summed E-state index contributed by atoms with van der Waals surface area (Å²) in [5.74, 6) is -3.32. The highest BCUT2D eigenvalue weighted by Crippen LogP contribution is 2.02. The maximum Gasteiger partial charge on any atom is 0.326 e. The number of aliphatic carboxylic acids is 1. The van der Waals surface area contributed by atoms with Crippen molar-refractivity contribution in [3.8, 4) is 0 Å². The van der Waals surface area contributed by atoms with E-state index in [0.29, 0.717) is 4.90 Å². The lowest BCUT2D eigenvalue weighted by atomic mass is 10.1. The molecule has 1 aliphatic heterocycles. The molecule has 1 unspecified atom stereocenters. The summed E-state index contributed by atoms with van der Waals surface area (Å²) in [6.45, 7) is -0.774. The monoisotopic (exact) mass is 301 g/mol. The van der Waals surface area contributed by atoms with Crippen LogP contribution in [0, 0.1) is 0 Å². The zero-order valence-corrected chi connectivity index (χ0v) is 11.2. The van der Waals surface area contributed by atoms with Gasteiger partial charge in [0.05, 0.1) is 13.7 Å². The molecule has 1 rings (SSSR count). The molecule has 0 aliphatic carbocycles. The molecule has 0 bridgehead atoms. The molecule has 0 radical (unpaired) electrons. The number of carbonyl (C=O) groups is 5. The molecular weight excluding hydrogens is 286 g/mol. The second kappa shape index (κ2) is 7.22. The minimum atomic E-state index is -1.33. The first kappa shape index (κ1) is 16.4. The summed E-state index contributed by atoms with van der Waals surface area (Å²) >= 11 is 0. The number of carboxylic acids is 1. The van der Waals surface area contributed by atoms with Crippen LogP contribution in [0.4, 0.5) is 4.79 Å². The van der Waals surface area contributed by atoms with Crippen molar-refractivity contribution in [1.29, 1.82) is 0 Å². The van der Waals surface area contributed by atoms with Crippen molar-refractivity contribution in [2.75, 3.05) is 20.2 Å². The highest BCUT2D eigenvalue weighted by Gasteiger charge is 2.31. The number of methoxy groups -OCH3 is 1. The van der Waals surface area contributed by atoms with Gasteiger partial charge in [-0.3, -0.25) is 19.3 Å². The van der Waals surface area contributed by atoms with Crippen LogP contribution in [0.15, 0.2) is 0 Å². The largest absolute Gasteiger partial charge is 0.480 e. The van der Waals surface area contributed by atoms with Gasteiger partial charge in [-0.1, -0.05) is 0 Å². The number of nitrogens with one attached hydrogen (secondary N) is 2. The van der Waals surface area contributed by atoms with Crippen LogP contribution in [0.2, 0.25) is 0 Å². The maximum atomic E-state index is 11.7. The number of nitrogens with zero attached hydrogens (tertiary/aromatic N) is 1. The van der Waals surface area contributed by atoms with E-state index in [1.807, 2.05) is 0 Å². The third-order valence-electron chi connectivity index (χ3n) is 2.74. The molecule has 0 spiro atoms. The number of rotatable bonds is 7. The Bertz CT molecular complexity index is 460. The standard InChI is InChI=1S/C11H15N3O7/c1-21-9(17)3-2-6(10(18)19)13-7(15)5-14-8(16)4-12-11(14)20/h6H,2-5H2,1H3,(H,12,20)(H,13,15)(H,18,19). The SMILES string of the molecule is COC(=O)CCC(NC(=O)CN1C(=O)CNC1=O)C(=O)O.